The van der Waals surface area contributed by atoms with Gasteiger partial charge in [-0.2, -0.15) is 0 Å². The first-order chi connectivity index (χ1) is 11.6. The normalized spacial score (nSPS) is 14.9. The van der Waals surface area contributed by atoms with Crippen LogP contribution in [0.5, 0.6) is 0 Å². The number of carbonyl (C=O) groups excluding carboxylic acids is 1. The van der Waals surface area contributed by atoms with Gasteiger partial charge in [-0.1, -0.05) is 30.1 Å². The molecule has 7 nitrogen and oxygen atoms in total. The summed E-state index contributed by atoms with van der Waals surface area (Å²) < 4.78 is 0. The molecule has 1 amide bonds. The predicted molar refractivity (Wildman–Crippen MR) is 89.8 cm³/mol. The molecular weight excluding hydrogens is 345 g/mol. The van der Waals surface area contributed by atoms with Gasteiger partial charge in [0.25, 0.3) is 5.91 Å². The van der Waals surface area contributed by atoms with Gasteiger partial charge < -0.3 is 21.1 Å². The second kappa shape index (κ2) is 9.72. The van der Waals surface area contributed by atoms with Crippen LogP contribution >= 0.6 is 0 Å². The number of aliphatic hydroxyl groups is 1. The molecule has 1 aromatic heterocycles. The van der Waals surface area contributed by atoms with Crippen LogP contribution in [0.4, 0.5) is 5.82 Å². The van der Waals surface area contributed by atoms with Gasteiger partial charge >= 0.3 is 51.4 Å². The van der Waals surface area contributed by atoms with Crippen molar-refractivity contribution in [2.24, 2.45) is 0 Å². The molecule has 0 saturated heterocycles. The van der Waals surface area contributed by atoms with E-state index in [1.165, 1.54) is 23.5 Å². The molecule has 1 atom stereocenters. The number of nitrogens with one attached hydrogen (secondary N) is 2. The Hall–Kier alpha value is -0.874. The number of hydrogen-bond donors (Lipinski definition) is 2. The first-order valence-electron chi connectivity index (χ1n) is 7.91. The van der Waals surface area contributed by atoms with E-state index in [0.717, 1.165) is 19.5 Å². The van der Waals surface area contributed by atoms with Gasteiger partial charge in [-0.3, -0.25) is 14.7 Å². The zero-order chi connectivity index (χ0) is 16.9. The number of fused-ring (bicyclic) bond motifs is 1. The van der Waals surface area contributed by atoms with E-state index < -0.39 is 12.0 Å². The molecule has 25 heavy (non-hydrogen) atoms. The van der Waals surface area contributed by atoms with Crippen molar-refractivity contribution in [1.29, 1.82) is 0 Å². The van der Waals surface area contributed by atoms with Crippen molar-refractivity contribution in [3.63, 3.8) is 0 Å². The second-order valence-corrected chi connectivity index (χ2v) is 5.91. The fourth-order valence-electron chi connectivity index (χ4n) is 2.86. The van der Waals surface area contributed by atoms with E-state index in [-0.39, 0.29) is 69.4 Å². The summed E-state index contributed by atoms with van der Waals surface area (Å²) >= 11 is 0. The van der Waals surface area contributed by atoms with E-state index in [9.17, 15) is 9.90 Å². The molecule has 8 heteroatoms. The van der Waals surface area contributed by atoms with Gasteiger partial charge in [-0.05, 0) is 23.6 Å². The van der Waals surface area contributed by atoms with Crippen molar-refractivity contribution >= 4 is 11.7 Å². The molecule has 1 unspecified atom stereocenters. The summed E-state index contributed by atoms with van der Waals surface area (Å²) in [6.45, 7) is 2.36. The van der Waals surface area contributed by atoms with E-state index in [0.29, 0.717) is 6.54 Å². The topological polar surface area (TPSA) is 102 Å². The second-order valence-electron chi connectivity index (χ2n) is 5.91. The van der Waals surface area contributed by atoms with Crippen LogP contribution in [-0.4, -0.2) is 51.6 Å². The van der Waals surface area contributed by atoms with Crippen LogP contribution in [0.1, 0.15) is 21.6 Å². The van der Waals surface area contributed by atoms with Gasteiger partial charge in [0, 0.05) is 32.5 Å². The van der Waals surface area contributed by atoms with E-state index >= 15 is 0 Å². The number of amides is 1. The van der Waals surface area contributed by atoms with Crippen LogP contribution in [0, 0.1) is 0 Å². The Balaban J connectivity index is 0.00000225. The Bertz CT molecular complexity index is 728. The van der Waals surface area contributed by atoms with Crippen LogP contribution in [0.3, 0.4) is 0 Å². The van der Waals surface area contributed by atoms with Gasteiger partial charge in [-0.25, -0.2) is 0 Å². The zero-order valence-corrected chi connectivity index (χ0v) is 17.4. The molecule has 1 aromatic carbocycles. The van der Waals surface area contributed by atoms with Gasteiger partial charge in [0.2, 0.25) is 0 Å². The summed E-state index contributed by atoms with van der Waals surface area (Å²) in [5.41, 5.74) is 10.2. The van der Waals surface area contributed by atoms with Gasteiger partial charge in [-0.15, -0.1) is 0 Å². The predicted octanol–water partition coefficient (Wildman–Crippen LogP) is -1.69. The van der Waals surface area contributed by atoms with E-state index in [4.69, 9.17) is 5.73 Å². The van der Waals surface area contributed by atoms with Crippen LogP contribution in [0.25, 0.3) is 5.73 Å². The molecule has 3 N–H and O–H groups in total. The van der Waals surface area contributed by atoms with Crippen molar-refractivity contribution in [3.8, 4) is 0 Å². The van der Waals surface area contributed by atoms with Crippen LogP contribution in [0.2, 0.25) is 0 Å². The third-order valence-electron chi connectivity index (χ3n) is 4.08. The Morgan fingerprint density at radius 1 is 1.32 bits per heavy atom. The number of β-amino-alcohol motifs (C(OH)–C–C–N with tert-alkyl or cyclic N) is 1. The standard InChI is InChI=1S/C17H21N5O2.K/c18-16-7-15(20-11-21-16)17(24)19-8-14(23)10-22-6-5-12-3-1-2-4-13(12)9-22;/h1-4,7,11,14,23H,5-6,8-10H2,(H3,18,19,20,21,24);/q;+1/p-1. The fourth-order valence-corrected chi connectivity index (χ4v) is 2.86. The van der Waals surface area contributed by atoms with Crippen LogP contribution in [-0.2, 0) is 13.0 Å². The molecule has 1 aliphatic heterocycles. The monoisotopic (exact) mass is 365 g/mol. The Morgan fingerprint density at radius 3 is 2.84 bits per heavy atom. The van der Waals surface area contributed by atoms with E-state index in [1.807, 2.05) is 12.1 Å². The van der Waals surface area contributed by atoms with Crippen molar-refractivity contribution in [3.05, 3.63) is 59.2 Å². The molecule has 0 bridgehead atoms. The average Bonchev–Trinajstić information content (AvgIpc) is 2.59. The summed E-state index contributed by atoms with van der Waals surface area (Å²) in [4.78, 5) is 21.6. The third kappa shape index (κ3) is 5.82. The average molecular weight is 365 g/mol. The number of nitrogens with zero attached hydrogens (tertiary/aromatic N) is 3. The first kappa shape index (κ1) is 20.4. The zero-order valence-electron chi connectivity index (χ0n) is 14.3. The minimum Gasteiger partial charge on any atom is -0.482 e. The molecule has 0 saturated carbocycles. The van der Waals surface area contributed by atoms with Crippen molar-refractivity contribution in [2.75, 3.05) is 19.6 Å². The van der Waals surface area contributed by atoms with Crippen molar-refractivity contribution in [2.45, 2.75) is 19.1 Å². The third-order valence-corrected chi connectivity index (χ3v) is 4.08. The summed E-state index contributed by atoms with van der Waals surface area (Å²) in [6.07, 6.45) is 1.50. The quantitative estimate of drug-likeness (QED) is 0.616. The molecule has 1 aliphatic rings. The molecule has 2 aromatic rings. The number of aromatic nitrogens is 2. The number of hydrogen-bond acceptors (Lipinski definition) is 5. The van der Waals surface area contributed by atoms with Crippen molar-refractivity contribution < 1.29 is 61.3 Å². The maximum Gasteiger partial charge on any atom is 1.00 e. The van der Waals surface area contributed by atoms with Gasteiger partial charge in [0.15, 0.2) is 0 Å². The summed E-state index contributed by atoms with van der Waals surface area (Å²) in [5.74, 6) is -0.420. The molecule has 0 aliphatic carbocycles. The van der Waals surface area contributed by atoms with Gasteiger partial charge in [0.1, 0.15) is 5.69 Å². The Labute approximate surface area is 189 Å². The van der Waals surface area contributed by atoms with Crippen LogP contribution < -0.4 is 56.7 Å². The Kier molecular flexibility index (Phi) is 7.95. The minimum absolute atomic E-state index is 0. The number of benzene rings is 1. The molecule has 0 spiro atoms. The molecule has 3 rings (SSSR count). The molecule has 126 valence electrons. The number of carbonyl (C=O) groups is 1. The smallest absolute Gasteiger partial charge is 0.482 e. The minimum atomic E-state index is -0.656. The fraction of sp³-hybridized carbons (Fsp3) is 0.353. The van der Waals surface area contributed by atoms with E-state index in [2.05, 4.69) is 32.3 Å². The Morgan fingerprint density at radius 2 is 2.08 bits per heavy atom. The maximum absolute atomic E-state index is 11.9. The molecular formula is C17H20KN5O2. The largest absolute Gasteiger partial charge is 1.00 e. The summed E-state index contributed by atoms with van der Waals surface area (Å²) in [5, 5.41) is 12.8. The van der Waals surface area contributed by atoms with Crippen LogP contribution in [0.15, 0.2) is 36.7 Å². The first-order valence-corrected chi connectivity index (χ1v) is 7.91. The van der Waals surface area contributed by atoms with Gasteiger partial charge in [0.05, 0.1) is 6.10 Å². The molecule has 0 fully saturated rings. The SMILES string of the molecule is [K+].[NH-]c1cc(C(=O)NCC(O)CN2CCc3ccccc3C2)ncn1. The maximum atomic E-state index is 11.9. The summed E-state index contributed by atoms with van der Waals surface area (Å²) in [7, 11) is 0. The number of aliphatic hydroxyl groups excluding tert-OH is 1. The summed E-state index contributed by atoms with van der Waals surface area (Å²) in [6, 6.07) is 9.63. The molecule has 0 radical (unpaired) electrons. The van der Waals surface area contributed by atoms with Crippen molar-refractivity contribution in [1.82, 2.24) is 20.2 Å². The van der Waals surface area contributed by atoms with E-state index in [1.54, 1.807) is 0 Å². The molecule has 2 heterocycles. The number of rotatable bonds is 5.